The topological polar surface area (TPSA) is 91.2 Å². The summed E-state index contributed by atoms with van der Waals surface area (Å²) >= 11 is 2.22. The van der Waals surface area contributed by atoms with E-state index < -0.39 is 11.9 Å². The van der Waals surface area contributed by atoms with Crippen LogP contribution in [-0.4, -0.2) is 18.5 Å². The molecular formula is C22H22IN3O3. The highest BCUT2D eigenvalue weighted by Gasteiger charge is 2.16. The lowest BCUT2D eigenvalue weighted by atomic mass is 10.1. The Balaban J connectivity index is 2.13. The number of nitriles is 1. The van der Waals surface area contributed by atoms with E-state index in [2.05, 4.69) is 33.2 Å². The van der Waals surface area contributed by atoms with Gasteiger partial charge in [0.1, 0.15) is 11.6 Å². The van der Waals surface area contributed by atoms with Crippen LogP contribution in [0.3, 0.4) is 0 Å². The van der Waals surface area contributed by atoms with Crippen LogP contribution in [0.5, 0.6) is 0 Å². The first kappa shape index (κ1) is 22.4. The van der Waals surface area contributed by atoms with Gasteiger partial charge in [-0.15, -0.1) is 0 Å². The molecular weight excluding hydrogens is 481 g/mol. The van der Waals surface area contributed by atoms with Gasteiger partial charge in [-0.05, 0) is 71.8 Å². The molecule has 1 amide bonds. The van der Waals surface area contributed by atoms with Crippen molar-refractivity contribution in [3.05, 3.63) is 68.9 Å². The predicted octanol–water partition coefficient (Wildman–Crippen LogP) is 5.01. The third-order valence-electron chi connectivity index (χ3n) is 4.05. The molecule has 0 fully saturated rings. The fourth-order valence-corrected chi connectivity index (χ4v) is 3.08. The molecule has 2 rings (SSSR count). The van der Waals surface area contributed by atoms with E-state index >= 15 is 0 Å². The Kier molecular flexibility index (Phi) is 8.68. The monoisotopic (exact) mass is 503 g/mol. The van der Waals surface area contributed by atoms with Crippen LogP contribution in [-0.2, 0) is 9.53 Å². The van der Waals surface area contributed by atoms with Gasteiger partial charge < -0.3 is 15.4 Å². The number of esters is 1. The molecule has 29 heavy (non-hydrogen) atoms. The second kappa shape index (κ2) is 11.2. The highest BCUT2D eigenvalue weighted by Crippen LogP contribution is 2.19. The van der Waals surface area contributed by atoms with Crippen LogP contribution in [0.25, 0.3) is 0 Å². The van der Waals surface area contributed by atoms with Crippen LogP contribution < -0.4 is 10.6 Å². The minimum Gasteiger partial charge on any atom is -0.462 e. The second-order valence-electron chi connectivity index (χ2n) is 6.26. The fraction of sp³-hybridized carbons (Fsp3) is 0.227. The molecule has 2 aromatic carbocycles. The third kappa shape index (κ3) is 6.61. The van der Waals surface area contributed by atoms with Gasteiger partial charge in [-0.2, -0.15) is 5.26 Å². The molecule has 0 heterocycles. The van der Waals surface area contributed by atoms with Crippen molar-refractivity contribution in [2.45, 2.75) is 26.7 Å². The summed E-state index contributed by atoms with van der Waals surface area (Å²) in [7, 11) is 0. The molecule has 0 atom stereocenters. The molecule has 0 saturated carbocycles. The Morgan fingerprint density at radius 3 is 2.66 bits per heavy atom. The summed E-state index contributed by atoms with van der Waals surface area (Å²) in [5.74, 6) is -1.12. The van der Waals surface area contributed by atoms with E-state index in [1.54, 1.807) is 24.3 Å². The number of hydrogen-bond donors (Lipinski definition) is 2. The van der Waals surface area contributed by atoms with Gasteiger partial charge in [-0.3, -0.25) is 4.79 Å². The van der Waals surface area contributed by atoms with Gasteiger partial charge in [0, 0.05) is 15.5 Å². The number of para-hydroxylation sites is 1. The lowest BCUT2D eigenvalue weighted by Gasteiger charge is -2.11. The summed E-state index contributed by atoms with van der Waals surface area (Å²) in [5, 5.41) is 15.0. The molecule has 2 aromatic rings. The number of rotatable bonds is 8. The van der Waals surface area contributed by atoms with E-state index in [1.807, 2.05) is 38.1 Å². The molecule has 0 aliphatic heterocycles. The maximum Gasteiger partial charge on any atom is 0.340 e. The van der Waals surface area contributed by atoms with Crippen LogP contribution in [0.1, 0.15) is 35.7 Å². The average molecular weight is 503 g/mol. The molecule has 2 N–H and O–H groups in total. The summed E-state index contributed by atoms with van der Waals surface area (Å²) in [4.78, 5) is 24.8. The SMILES string of the molecule is CCCCOC(=O)c1ccccc1NC(=O)/C(C#N)=C\Nc1ccc(I)cc1C. The second-order valence-corrected chi connectivity index (χ2v) is 7.51. The van der Waals surface area contributed by atoms with Crippen molar-refractivity contribution in [2.75, 3.05) is 17.2 Å². The number of aryl methyl sites for hydroxylation is 1. The van der Waals surface area contributed by atoms with Crippen molar-refractivity contribution in [3.63, 3.8) is 0 Å². The average Bonchev–Trinajstić information content (AvgIpc) is 2.70. The van der Waals surface area contributed by atoms with Gasteiger partial charge in [-0.1, -0.05) is 25.5 Å². The van der Waals surface area contributed by atoms with Crippen LogP contribution in [0.4, 0.5) is 11.4 Å². The van der Waals surface area contributed by atoms with E-state index in [-0.39, 0.29) is 11.1 Å². The predicted molar refractivity (Wildman–Crippen MR) is 121 cm³/mol. The molecule has 6 nitrogen and oxygen atoms in total. The zero-order valence-corrected chi connectivity index (χ0v) is 18.4. The van der Waals surface area contributed by atoms with E-state index in [4.69, 9.17) is 4.74 Å². The van der Waals surface area contributed by atoms with Crippen LogP contribution >= 0.6 is 22.6 Å². The van der Waals surface area contributed by atoms with Gasteiger partial charge in [-0.25, -0.2) is 4.79 Å². The first-order valence-corrected chi connectivity index (χ1v) is 10.2. The van der Waals surface area contributed by atoms with E-state index in [9.17, 15) is 14.9 Å². The van der Waals surface area contributed by atoms with Crippen molar-refractivity contribution in [2.24, 2.45) is 0 Å². The van der Waals surface area contributed by atoms with Crippen molar-refractivity contribution < 1.29 is 14.3 Å². The minimum atomic E-state index is -0.614. The standard InChI is InChI=1S/C22H22IN3O3/c1-3-4-11-29-22(28)18-7-5-6-8-20(18)26-21(27)16(13-24)14-25-19-10-9-17(23)12-15(19)2/h5-10,12,14,25H,3-4,11H2,1-2H3,(H,26,27)/b16-14-. The molecule has 0 aromatic heterocycles. The molecule has 0 spiro atoms. The Labute approximate surface area is 184 Å². The third-order valence-corrected chi connectivity index (χ3v) is 4.72. The molecule has 150 valence electrons. The first-order valence-electron chi connectivity index (χ1n) is 9.16. The zero-order valence-electron chi connectivity index (χ0n) is 16.3. The molecule has 7 heteroatoms. The number of nitrogens with zero attached hydrogens (tertiary/aromatic N) is 1. The largest absolute Gasteiger partial charge is 0.462 e. The fourth-order valence-electron chi connectivity index (χ4n) is 2.43. The molecule has 0 aliphatic carbocycles. The number of halogens is 1. The van der Waals surface area contributed by atoms with E-state index in [0.717, 1.165) is 27.7 Å². The lowest BCUT2D eigenvalue weighted by molar-refractivity contribution is -0.112. The number of carbonyl (C=O) groups is 2. The molecule has 0 saturated heterocycles. The summed E-state index contributed by atoms with van der Waals surface area (Å²) in [6, 6.07) is 14.2. The molecule has 0 aliphatic rings. The first-order chi connectivity index (χ1) is 14.0. The van der Waals surface area contributed by atoms with Gasteiger partial charge in [0.05, 0.1) is 17.9 Å². The van der Waals surface area contributed by atoms with Crippen LogP contribution in [0.2, 0.25) is 0 Å². The maximum absolute atomic E-state index is 12.5. The Morgan fingerprint density at radius 1 is 1.21 bits per heavy atom. The Morgan fingerprint density at radius 2 is 1.97 bits per heavy atom. The molecule has 0 bridgehead atoms. The Bertz CT molecular complexity index is 964. The summed E-state index contributed by atoms with van der Waals surface area (Å²) in [5.41, 5.74) is 2.22. The van der Waals surface area contributed by atoms with Gasteiger partial charge in [0.15, 0.2) is 0 Å². The molecule has 0 unspecified atom stereocenters. The highest BCUT2D eigenvalue weighted by molar-refractivity contribution is 14.1. The number of amides is 1. The summed E-state index contributed by atoms with van der Waals surface area (Å²) in [6.45, 7) is 4.26. The normalized spacial score (nSPS) is 10.8. The summed E-state index contributed by atoms with van der Waals surface area (Å²) in [6.07, 6.45) is 3.03. The van der Waals surface area contributed by atoms with Crippen LogP contribution in [0.15, 0.2) is 54.2 Å². The van der Waals surface area contributed by atoms with Crippen molar-refractivity contribution >= 4 is 45.8 Å². The highest BCUT2D eigenvalue weighted by atomic mass is 127. The smallest absolute Gasteiger partial charge is 0.340 e. The zero-order chi connectivity index (χ0) is 21.2. The number of benzene rings is 2. The number of anilines is 2. The van der Waals surface area contributed by atoms with E-state index in [1.165, 1.54) is 6.20 Å². The summed E-state index contributed by atoms with van der Waals surface area (Å²) < 4.78 is 6.32. The van der Waals surface area contributed by atoms with Crippen molar-refractivity contribution in [1.29, 1.82) is 5.26 Å². The quantitative estimate of drug-likeness (QED) is 0.174. The number of unbranched alkanes of at least 4 members (excludes halogenated alkanes) is 1. The lowest BCUT2D eigenvalue weighted by Crippen LogP contribution is -2.18. The number of ether oxygens (including phenoxy) is 1. The minimum absolute atomic E-state index is 0.114. The Hall–Kier alpha value is -2.86. The van der Waals surface area contributed by atoms with Crippen molar-refractivity contribution in [1.82, 2.24) is 0 Å². The molecule has 0 radical (unpaired) electrons. The maximum atomic E-state index is 12.5. The number of hydrogen-bond acceptors (Lipinski definition) is 5. The van der Waals surface area contributed by atoms with E-state index in [0.29, 0.717) is 12.3 Å². The van der Waals surface area contributed by atoms with Gasteiger partial charge >= 0.3 is 5.97 Å². The van der Waals surface area contributed by atoms with Crippen molar-refractivity contribution in [3.8, 4) is 6.07 Å². The van der Waals surface area contributed by atoms with Gasteiger partial charge in [0.25, 0.3) is 5.91 Å². The number of nitrogens with one attached hydrogen (secondary N) is 2. The van der Waals surface area contributed by atoms with Gasteiger partial charge in [0.2, 0.25) is 0 Å². The van der Waals surface area contributed by atoms with Crippen LogP contribution in [0, 0.1) is 21.8 Å². The number of carbonyl (C=O) groups excluding carboxylic acids is 2.